The van der Waals surface area contributed by atoms with Crippen LogP contribution in [0.1, 0.15) is 43.0 Å². The number of aromatic nitrogens is 1. The third kappa shape index (κ3) is 5.20. The van der Waals surface area contributed by atoms with Crippen molar-refractivity contribution in [1.29, 1.82) is 0 Å². The Morgan fingerprint density at radius 2 is 1.68 bits per heavy atom. The number of benzene rings is 3. The lowest BCUT2D eigenvalue weighted by molar-refractivity contribution is -0.121. The number of nitrogens with zero attached hydrogens (tertiary/aromatic N) is 2. The molecule has 0 fully saturated rings. The maximum absolute atomic E-state index is 13.0. The molecule has 0 spiro atoms. The van der Waals surface area contributed by atoms with Crippen LogP contribution in [0.3, 0.4) is 0 Å². The Bertz CT molecular complexity index is 1240. The summed E-state index contributed by atoms with van der Waals surface area (Å²) < 4.78 is 0. The molecule has 5 nitrogen and oxygen atoms in total. The van der Waals surface area contributed by atoms with Crippen LogP contribution >= 0.6 is 0 Å². The van der Waals surface area contributed by atoms with Gasteiger partial charge in [-0.1, -0.05) is 60.7 Å². The lowest BCUT2D eigenvalue weighted by Crippen LogP contribution is -2.29. The van der Waals surface area contributed by atoms with Crippen molar-refractivity contribution in [3.8, 4) is 5.75 Å². The summed E-state index contributed by atoms with van der Waals surface area (Å²) in [4.78, 5) is 19.6. The lowest BCUT2D eigenvalue weighted by atomic mass is 9.95. The average Bonchev–Trinajstić information content (AvgIpc) is 2.89. The molecule has 1 atom stereocenters. The number of aromatic hydroxyl groups is 1. The van der Waals surface area contributed by atoms with Crippen LogP contribution in [0, 0.1) is 0 Å². The molecule has 5 heteroatoms. The maximum Gasteiger partial charge on any atom is 0.221 e. The molecule has 4 rings (SSSR count). The zero-order valence-electron chi connectivity index (χ0n) is 19.7. The van der Waals surface area contributed by atoms with Crippen molar-refractivity contribution in [2.24, 2.45) is 0 Å². The number of anilines is 1. The summed E-state index contributed by atoms with van der Waals surface area (Å²) in [5.41, 5.74) is 4.33. The van der Waals surface area contributed by atoms with Gasteiger partial charge in [0.05, 0.1) is 6.04 Å². The van der Waals surface area contributed by atoms with E-state index in [4.69, 9.17) is 0 Å². The summed E-state index contributed by atoms with van der Waals surface area (Å²) in [7, 11) is 0. The maximum atomic E-state index is 13.0. The molecule has 1 amide bonds. The first kappa shape index (κ1) is 23.3. The highest BCUT2D eigenvalue weighted by molar-refractivity contribution is 5.86. The van der Waals surface area contributed by atoms with Gasteiger partial charge < -0.3 is 15.3 Å². The standard InChI is InChI=1S/C29H31N3O2/c1-3-32(4-2)24-16-13-23(14-17-24)27(31-26(33)19-12-21-9-6-5-7-10-21)25-18-15-22-11-8-20-30-28(22)29(25)34/h5-11,13-18,20,27,34H,3-4,12,19H2,1-2H3,(H,31,33). The van der Waals surface area contributed by atoms with Crippen LogP contribution in [-0.2, 0) is 11.2 Å². The van der Waals surface area contributed by atoms with E-state index in [0.29, 0.717) is 23.9 Å². The van der Waals surface area contributed by atoms with E-state index < -0.39 is 6.04 Å². The minimum atomic E-state index is -0.486. The molecule has 1 heterocycles. The summed E-state index contributed by atoms with van der Waals surface area (Å²) in [5, 5.41) is 15.1. The minimum absolute atomic E-state index is 0.0674. The predicted octanol–water partition coefficient (Wildman–Crippen LogP) is 5.63. The summed E-state index contributed by atoms with van der Waals surface area (Å²) in [6.45, 7) is 6.11. The van der Waals surface area contributed by atoms with Crippen LogP contribution in [0.5, 0.6) is 5.75 Å². The predicted molar refractivity (Wildman–Crippen MR) is 138 cm³/mol. The first-order valence-electron chi connectivity index (χ1n) is 11.9. The number of nitrogens with one attached hydrogen (secondary N) is 1. The molecule has 0 saturated heterocycles. The molecule has 0 bridgehead atoms. The zero-order chi connectivity index (χ0) is 23.9. The van der Waals surface area contributed by atoms with Crippen molar-refractivity contribution in [2.45, 2.75) is 32.7 Å². The molecular formula is C29H31N3O2. The van der Waals surface area contributed by atoms with Crippen LogP contribution in [0.4, 0.5) is 5.69 Å². The number of carbonyl (C=O) groups is 1. The van der Waals surface area contributed by atoms with Gasteiger partial charge in [-0.05, 0) is 49.6 Å². The Morgan fingerprint density at radius 3 is 2.38 bits per heavy atom. The van der Waals surface area contributed by atoms with E-state index in [2.05, 4.69) is 41.2 Å². The lowest BCUT2D eigenvalue weighted by Gasteiger charge is -2.24. The van der Waals surface area contributed by atoms with Crippen LogP contribution in [0.2, 0.25) is 0 Å². The van der Waals surface area contributed by atoms with Crippen molar-refractivity contribution in [3.63, 3.8) is 0 Å². The number of carbonyl (C=O) groups excluding carboxylic acids is 1. The molecule has 0 aliphatic rings. The fraction of sp³-hybridized carbons (Fsp3) is 0.241. The third-order valence-corrected chi connectivity index (χ3v) is 6.23. The quantitative estimate of drug-likeness (QED) is 0.345. The Hall–Kier alpha value is -3.86. The summed E-state index contributed by atoms with van der Waals surface area (Å²) in [6.07, 6.45) is 2.69. The van der Waals surface area contributed by atoms with Gasteiger partial charge in [-0.3, -0.25) is 9.78 Å². The molecule has 4 aromatic rings. The highest BCUT2D eigenvalue weighted by Crippen LogP contribution is 2.35. The van der Waals surface area contributed by atoms with Crippen LogP contribution in [0.15, 0.2) is 85.1 Å². The van der Waals surface area contributed by atoms with Crippen molar-refractivity contribution in [2.75, 3.05) is 18.0 Å². The first-order chi connectivity index (χ1) is 16.6. The van der Waals surface area contributed by atoms with E-state index in [1.807, 2.05) is 66.7 Å². The SMILES string of the molecule is CCN(CC)c1ccc(C(NC(=O)CCc2ccccc2)c2ccc3cccnc3c2O)cc1. The number of phenolic OH excluding ortho intramolecular Hbond substituents is 1. The number of aryl methyl sites for hydroxylation is 1. The van der Waals surface area contributed by atoms with Gasteiger partial charge in [-0.15, -0.1) is 0 Å². The minimum Gasteiger partial charge on any atom is -0.505 e. The average molecular weight is 454 g/mol. The number of fused-ring (bicyclic) bond motifs is 1. The molecule has 0 radical (unpaired) electrons. The Kier molecular flexibility index (Phi) is 7.43. The monoisotopic (exact) mass is 453 g/mol. The molecule has 2 N–H and O–H groups in total. The molecule has 0 aliphatic carbocycles. The van der Waals surface area contributed by atoms with E-state index in [0.717, 1.165) is 35.3 Å². The van der Waals surface area contributed by atoms with E-state index >= 15 is 0 Å². The fourth-order valence-corrected chi connectivity index (χ4v) is 4.32. The number of rotatable bonds is 9. The molecule has 0 saturated carbocycles. The summed E-state index contributed by atoms with van der Waals surface area (Å²) in [6, 6.07) is 25.3. The number of hydrogen-bond donors (Lipinski definition) is 2. The van der Waals surface area contributed by atoms with Gasteiger partial charge in [0.2, 0.25) is 5.91 Å². The Labute approximate surface area is 201 Å². The van der Waals surface area contributed by atoms with Gasteiger partial charge in [0.25, 0.3) is 0 Å². The molecule has 1 aromatic heterocycles. The van der Waals surface area contributed by atoms with Gasteiger partial charge >= 0.3 is 0 Å². The van der Waals surface area contributed by atoms with Gasteiger partial charge in [0.1, 0.15) is 11.3 Å². The second-order valence-electron chi connectivity index (χ2n) is 8.33. The van der Waals surface area contributed by atoms with Crippen LogP contribution in [-0.4, -0.2) is 29.1 Å². The molecule has 3 aromatic carbocycles. The fourth-order valence-electron chi connectivity index (χ4n) is 4.32. The zero-order valence-corrected chi connectivity index (χ0v) is 19.7. The topological polar surface area (TPSA) is 65.5 Å². The van der Waals surface area contributed by atoms with Crippen molar-refractivity contribution in [1.82, 2.24) is 10.3 Å². The highest BCUT2D eigenvalue weighted by Gasteiger charge is 2.22. The first-order valence-corrected chi connectivity index (χ1v) is 11.9. The molecule has 34 heavy (non-hydrogen) atoms. The van der Waals surface area contributed by atoms with Gasteiger partial charge in [-0.25, -0.2) is 0 Å². The Morgan fingerprint density at radius 1 is 0.941 bits per heavy atom. The van der Waals surface area contributed by atoms with Crippen molar-refractivity contribution < 1.29 is 9.90 Å². The van der Waals surface area contributed by atoms with Crippen molar-refractivity contribution >= 4 is 22.5 Å². The highest BCUT2D eigenvalue weighted by atomic mass is 16.3. The van der Waals surface area contributed by atoms with Crippen molar-refractivity contribution in [3.05, 3.63) is 102 Å². The van der Waals surface area contributed by atoms with E-state index in [-0.39, 0.29) is 11.7 Å². The van der Waals surface area contributed by atoms with Gasteiger partial charge in [0.15, 0.2) is 0 Å². The van der Waals surface area contributed by atoms with E-state index in [1.54, 1.807) is 6.20 Å². The third-order valence-electron chi connectivity index (χ3n) is 6.23. The molecule has 174 valence electrons. The molecular weight excluding hydrogens is 422 g/mol. The van der Waals surface area contributed by atoms with E-state index in [9.17, 15) is 9.90 Å². The molecule has 0 aliphatic heterocycles. The number of phenols is 1. The summed E-state index contributed by atoms with van der Waals surface area (Å²) >= 11 is 0. The number of hydrogen-bond acceptors (Lipinski definition) is 4. The number of pyridine rings is 1. The van der Waals surface area contributed by atoms with Gasteiger partial charge in [0, 0.05) is 42.3 Å². The summed E-state index contributed by atoms with van der Waals surface area (Å²) in [5.74, 6) is 0.0291. The van der Waals surface area contributed by atoms with Crippen LogP contribution < -0.4 is 10.2 Å². The smallest absolute Gasteiger partial charge is 0.221 e. The molecule has 1 unspecified atom stereocenters. The largest absolute Gasteiger partial charge is 0.505 e. The second kappa shape index (κ2) is 10.8. The normalized spacial score (nSPS) is 11.8. The Balaban J connectivity index is 1.65. The second-order valence-corrected chi connectivity index (χ2v) is 8.33. The number of amides is 1. The van der Waals surface area contributed by atoms with E-state index in [1.165, 1.54) is 0 Å². The van der Waals surface area contributed by atoms with Gasteiger partial charge in [-0.2, -0.15) is 0 Å². The van der Waals surface area contributed by atoms with Crippen LogP contribution in [0.25, 0.3) is 10.9 Å².